The highest BCUT2D eigenvalue weighted by Gasteiger charge is 2.10. The number of nitrogens with zero attached hydrogens (tertiary/aromatic N) is 1. The van der Waals surface area contributed by atoms with Gasteiger partial charge in [-0.25, -0.2) is 4.98 Å². The summed E-state index contributed by atoms with van der Waals surface area (Å²) in [6, 6.07) is 9.13. The molecule has 2 rings (SSSR count). The number of halogens is 2. The standard InChI is InChI=1S/C16H16BrClN2O/c1-3-4-13-7-11(8-15(18)19-13)16(21)20-14-6-10(2)5-12(17)9-14/h5-9H,3-4H2,1-2H3,(H,20,21). The van der Waals surface area contributed by atoms with Crippen LogP contribution >= 0.6 is 27.5 Å². The summed E-state index contributed by atoms with van der Waals surface area (Å²) in [5.41, 5.74) is 3.17. The van der Waals surface area contributed by atoms with E-state index in [0.29, 0.717) is 10.7 Å². The van der Waals surface area contributed by atoms with Crippen LogP contribution in [-0.4, -0.2) is 10.9 Å². The second-order valence-corrected chi connectivity index (χ2v) is 6.19. The van der Waals surface area contributed by atoms with Gasteiger partial charge in [-0.1, -0.05) is 40.9 Å². The van der Waals surface area contributed by atoms with Crippen molar-refractivity contribution in [3.05, 3.63) is 56.8 Å². The minimum absolute atomic E-state index is 0.186. The number of carbonyl (C=O) groups excluding carboxylic acids is 1. The highest BCUT2D eigenvalue weighted by molar-refractivity contribution is 9.10. The first-order valence-corrected chi connectivity index (χ1v) is 7.90. The summed E-state index contributed by atoms with van der Waals surface area (Å²) in [7, 11) is 0. The Hall–Kier alpha value is -1.39. The molecule has 0 radical (unpaired) electrons. The fraction of sp³-hybridized carbons (Fsp3) is 0.250. The zero-order chi connectivity index (χ0) is 15.4. The third-order valence-electron chi connectivity index (χ3n) is 2.92. The molecule has 0 aliphatic rings. The molecule has 0 bridgehead atoms. The first kappa shape index (κ1) is 16.0. The summed E-state index contributed by atoms with van der Waals surface area (Å²) >= 11 is 9.41. The molecular formula is C16H16BrClN2O. The van der Waals surface area contributed by atoms with Gasteiger partial charge in [0.2, 0.25) is 0 Å². The molecule has 0 aliphatic carbocycles. The maximum Gasteiger partial charge on any atom is 0.255 e. The van der Waals surface area contributed by atoms with Crippen LogP contribution in [0.15, 0.2) is 34.8 Å². The molecule has 0 fully saturated rings. The second kappa shape index (κ2) is 7.05. The number of amides is 1. The van der Waals surface area contributed by atoms with Gasteiger partial charge >= 0.3 is 0 Å². The van der Waals surface area contributed by atoms with Gasteiger partial charge in [0.15, 0.2) is 0 Å². The lowest BCUT2D eigenvalue weighted by atomic mass is 10.1. The Balaban J connectivity index is 2.23. The Labute approximate surface area is 137 Å². The first-order chi connectivity index (χ1) is 9.97. The zero-order valence-electron chi connectivity index (χ0n) is 11.9. The van der Waals surface area contributed by atoms with E-state index in [-0.39, 0.29) is 5.91 Å². The van der Waals surface area contributed by atoms with Crippen LogP contribution < -0.4 is 5.32 Å². The average Bonchev–Trinajstić information content (AvgIpc) is 2.37. The van der Waals surface area contributed by atoms with Gasteiger partial charge in [-0.05, 0) is 49.2 Å². The summed E-state index contributed by atoms with van der Waals surface area (Å²) < 4.78 is 0.928. The van der Waals surface area contributed by atoms with E-state index < -0.39 is 0 Å². The number of hydrogen-bond donors (Lipinski definition) is 1. The van der Waals surface area contributed by atoms with Crippen molar-refractivity contribution in [1.29, 1.82) is 0 Å². The predicted octanol–water partition coefficient (Wildman–Crippen LogP) is 5.01. The van der Waals surface area contributed by atoms with Crippen LogP contribution in [0.2, 0.25) is 5.15 Å². The largest absolute Gasteiger partial charge is 0.322 e. The van der Waals surface area contributed by atoms with E-state index in [4.69, 9.17) is 11.6 Å². The summed E-state index contributed by atoms with van der Waals surface area (Å²) in [6.07, 6.45) is 1.76. The Morgan fingerprint density at radius 2 is 2.05 bits per heavy atom. The minimum atomic E-state index is -0.186. The van der Waals surface area contributed by atoms with Crippen LogP contribution in [-0.2, 0) is 6.42 Å². The molecular weight excluding hydrogens is 352 g/mol. The van der Waals surface area contributed by atoms with Crippen molar-refractivity contribution in [2.45, 2.75) is 26.7 Å². The third-order valence-corrected chi connectivity index (χ3v) is 3.57. The Morgan fingerprint density at radius 1 is 1.29 bits per heavy atom. The molecule has 0 saturated carbocycles. The van der Waals surface area contributed by atoms with E-state index in [1.54, 1.807) is 12.1 Å². The van der Waals surface area contributed by atoms with Crippen LogP contribution in [0, 0.1) is 6.92 Å². The molecule has 0 atom stereocenters. The van der Waals surface area contributed by atoms with Gasteiger partial charge in [0, 0.05) is 21.4 Å². The van der Waals surface area contributed by atoms with Crippen molar-refractivity contribution in [3.8, 4) is 0 Å². The topological polar surface area (TPSA) is 42.0 Å². The Bertz CT molecular complexity index is 653. The van der Waals surface area contributed by atoms with Crippen LogP contribution in [0.4, 0.5) is 5.69 Å². The van der Waals surface area contributed by atoms with Gasteiger partial charge in [-0.15, -0.1) is 0 Å². The van der Waals surface area contributed by atoms with Gasteiger partial charge in [0.1, 0.15) is 5.15 Å². The fourth-order valence-corrected chi connectivity index (χ4v) is 2.91. The van der Waals surface area contributed by atoms with E-state index in [1.807, 2.05) is 25.1 Å². The number of aromatic nitrogens is 1. The highest BCUT2D eigenvalue weighted by atomic mass is 79.9. The number of aryl methyl sites for hydroxylation is 2. The molecule has 1 aromatic heterocycles. The summed E-state index contributed by atoms with van der Waals surface area (Å²) in [5, 5.41) is 3.23. The maximum atomic E-state index is 12.3. The van der Waals surface area contributed by atoms with E-state index in [2.05, 4.69) is 33.2 Å². The van der Waals surface area contributed by atoms with Crippen molar-refractivity contribution in [2.75, 3.05) is 5.32 Å². The Morgan fingerprint density at radius 3 is 2.71 bits per heavy atom. The lowest BCUT2D eigenvalue weighted by molar-refractivity contribution is 0.102. The molecule has 0 aliphatic heterocycles. The van der Waals surface area contributed by atoms with Crippen molar-refractivity contribution in [3.63, 3.8) is 0 Å². The summed E-state index contributed by atoms with van der Waals surface area (Å²) in [6.45, 7) is 4.04. The monoisotopic (exact) mass is 366 g/mol. The maximum absolute atomic E-state index is 12.3. The molecule has 1 aromatic carbocycles. The predicted molar refractivity (Wildman–Crippen MR) is 90.1 cm³/mol. The van der Waals surface area contributed by atoms with Gasteiger partial charge in [0.05, 0.1) is 0 Å². The molecule has 3 nitrogen and oxygen atoms in total. The van der Waals surface area contributed by atoms with Gasteiger partial charge in [-0.2, -0.15) is 0 Å². The van der Waals surface area contributed by atoms with E-state index >= 15 is 0 Å². The SMILES string of the molecule is CCCc1cc(C(=O)Nc2cc(C)cc(Br)c2)cc(Cl)n1. The molecule has 110 valence electrons. The van der Waals surface area contributed by atoms with Gasteiger partial charge in [-0.3, -0.25) is 4.79 Å². The summed E-state index contributed by atoms with van der Waals surface area (Å²) in [5.74, 6) is -0.186. The number of carbonyl (C=O) groups is 1. The molecule has 0 spiro atoms. The van der Waals surface area contributed by atoms with Crippen molar-refractivity contribution >= 4 is 39.1 Å². The molecule has 1 heterocycles. The first-order valence-electron chi connectivity index (χ1n) is 6.73. The smallest absolute Gasteiger partial charge is 0.255 e. The van der Waals surface area contributed by atoms with Gasteiger partial charge < -0.3 is 5.32 Å². The highest BCUT2D eigenvalue weighted by Crippen LogP contribution is 2.20. The van der Waals surface area contributed by atoms with E-state index in [1.165, 1.54) is 0 Å². The second-order valence-electron chi connectivity index (χ2n) is 4.89. The number of hydrogen-bond acceptors (Lipinski definition) is 2. The number of benzene rings is 1. The van der Waals surface area contributed by atoms with E-state index in [0.717, 1.165) is 34.3 Å². The lowest BCUT2D eigenvalue weighted by Crippen LogP contribution is -2.13. The molecule has 21 heavy (non-hydrogen) atoms. The normalized spacial score (nSPS) is 10.5. The van der Waals surface area contributed by atoms with Crippen LogP contribution in [0.5, 0.6) is 0 Å². The third kappa shape index (κ3) is 4.55. The molecule has 0 saturated heterocycles. The molecule has 2 aromatic rings. The molecule has 1 N–H and O–H groups in total. The van der Waals surface area contributed by atoms with Crippen molar-refractivity contribution < 1.29 is 4.79 Å². The van der Waals surface area contributed by atoms with Crippen LogP contribution in [0.25, 0.3) is 0 Å². The fourth-order valence-electron chi connectivity index (χ4n) is 2.08. The Kier molecular flexibility index (Phi) is 5.37. The molecule has 1 amide bonds. The lowest BCUT2D eigenvalue weighted by Gasteiger charge is -2.08. The quantitative estimate of drug-likeness (QED) is 0.772. The van der Waals surface area contributed by atoms with Gasteiger partial charge in [0.25, 0.3) is 5.91 Å². The van der Waals surface area contributed by atoms with E-state index in [9.17, 15) is 4.79 Å². The number of nitrogens with one attached hydrogen (secondary N) is 1. The average molecular weight is 368 g/mol. The minimum Gasteiger partial charge on any atom is -0.322 e. The van der Waals surface area contributed by atoms with Crippen molar-refractivity contribution in [1.82, 2.24) is 4.98 Å². The number of rotatable bonds is 4. The molecule has 0 unspecified atom stereocenters. The van der Waals surface area contributed by atoms with Crippen LogP contribution in [0.1, 0.15) is 35.0 Å². The van der Waals surface area contributed by atoms with Crippen molar-refractivity contribution in [2.24, 2.45) is 0 Å². The number of anilines is 1. The molecule has 5 heteroatoms. The van der Waals surface area contributed by atoms with Crippen LogP contribution in [0.3, 0.4) is 0 Å². The zero-order valence-corrected chi connectivity index (χ0v) is 14.3. The number of pyridine rings is 1. The summed E-state index contributed by atoms with van der Waals surface area (Å²) in [4.78, 5) is 16.6.